The van der Waals surface area contributed by atoms with Gasteiger partial charge in [0, 0.05) is 5.57 Å². The Bertz CT molecular complexity index is 1280. The molecular weight excluding hydrogens is 479 g/mol. The Morgan fingerprint density at radius 1 is 0.605 bits per heavy atom. The molecule has 38 heavy (non-hydrogen) atoms. The molecule has 4 aromatic rings. The third-order valence-corrected chi connectivity index (χ3v) is 6.47. The van der Waals surface area contributed by atoms with E-state index in [-0.39, 0.29) is 5.82 Å². The van der Waals surface area contributed by atoms with Crippen LogP contribution in [0.3, 0.4) is 0 Å². The van der Waals surface area contributed by atoms with Gasteiger partial charge in [-0.05, 0) is 34.4 Å². The van der Waals surface area contributed by atoms with Crippen LogP contribution in [0.1, 0.15) is 22.3 Å². The van der Waals surface area contributed by atoms with Gasteiger partial charge in [-0.25, -0.2) is 4.39 Å². The van der Waals surface area contributed by atoms with E-state index < -0.39 is 18.3 Å². The monoisotopic (exact) mass is 510 g/mol. The Balaban J connectivity index is 1.40. The first-order valence-corrected chi connectivity index (χ1v) is 12.8. The number of halogens is 1. The lowest BCUT2D eigenvalue weighted by Gasteiger charge is -2.38. The van der Waals surface area contributed by atoms with Gasteiger partial charge in [-0.2, -0.15) is 0 Å². The van der Waals surface area contributed by atoms with Gasteiger partial charge in [0.05, 0.1) is 32.7 Å². The molecule has 0 saturated heterocycles. The van der Waals surface area contributed by atoms with Crippen molar-refractivity contribution in [1.29, 1.82) is 0 Å². The molecule has 0 amide bonds. The molecular formula is C33H31FO4. The van der Waals surface area contributed by atoms with E-state index in [1.807, 2.05) is 91.0 Å². The number of benzene rings is 4. The number of rotatable bonds is 11. The van der Waals surface area contributed by atoms with E-state index in [0.717, 1.165) is 27.8 Å². The number of ether oxygens (including phenoxy) is 4. The van der Waals surface area contributed by atoms with Crippen molar-refractivity contribution in [2.24, 2.45) is 0 Å². The van der Waals surface area contributed by atoms with E-state index in [0.29, 0.717) is 26.4 Å². The van der Waals surface area contributed by atoms with Gasteiger partial charge in [-0.1, -0.05) is 103 Å². The minimum atomic E-state index is -0.459. The lowest BCUT2D eigenvalue weighted by Crippen LogP contribution is -2.47. The van der Waals surface area contributed by atoms with Gasteiger partial charge in [0.1, 0.15) is 24.1 Å². The van der Waals surface area contributed by atoms with Crippen molar-refractivity contribution in [3.8, 4) is 0 Å². The summed E-state index contributed by atoms with van der Waals surface area (Å²) >= 11 is 0. The van der Waals surface area contributed by atoms with Crippen LogP contribution in [-0.4, -0.2) is 24.9 Å². The minimum absolute atomic E-state index is 0.295. The molecule has 0 aliphatic carbocycles. The molecule has 0 unspecified atom stereocenters. The summed E-state index contributed by atoms with van der Waals surface area (Å²) in [5.41, 5.74) is 4.82. The summed E-state index contributed by atoms with van der Waals surface area (Å²) in [4.78, 5) is 0. The highest BCUT2D eigenvalue weighted by molar-refractivity contribution is 5.69. The predicted molar refractivity (Wildman–Crippen MR) is 145 cm³/mol. The van der Waals surface area contributed by atoms with Gasteiger partial charge in [0.2, 0.25) is 0 Å². The van der Waals surface area contributed by atoms with Crippen molar-refractivity contribution in [3.05, 3.63) is 150 Å². The molecule has 4 aromatic carbocycles. The van der Waals surface area contributed by atoms with Crippen LogP contribution < -0.4 is 0 Å². The number of hydrogen-bond acceptors (Lipinski definition) is 4. The van der Waals surface area contributed by atoms with Crippen LogP contribution in [-0.2, 0) is 38.8 Å². The van der Waals surface area contributed by atoms with Crippen LogP contribution in [0.25, 0.3) is 5.57 Å². The molecule has 0 bridgehead atoms. The third kappa shape index (κ3) is 6.95. The fourth-order valence-corrected chi connectivity index (χ4v) is 4.46. The molecule has 5 heteroatoms. The standard InChI is InChI=1S/C33H31FO4/c34-29-18-16-28(17-19-29)30-23-36-31(24-35-20-25-10-4-1-5-11-25)33(38-22-27-14-8-3-9-15-27)32(30)37-21-26-12-6-2-7-13-26/h1-19,23,31-33H,20-22,24H2/t31-,32-,33+/m1/s1. The van der Waals surface area contributed by atoms with Crippen molar-refractivity contribution >= 4 is 5.57 Å². The summed E-state index contributed by atoms with van der Waals surface area (Å²) in [7, 11) is 0. The first kappa shape index (κ1) is 25.9. The minimum Gasteiger partial charge on any atom is -0.492 e. The van der Waals surface area contributed by atoms with E-state index in [4.69, 9.17) is 18.9 Å². The van der Waals surface area contributed by atoms with Crippen molar-refractivity contribution in [3.63, 3.8) is 0 Å². The van der Waals surface area contributed by atoms with Crippen molar-refractivity contribution in [1.82, 2.24) is 0 Å². The van der Waals surface area contributed by atoms with Crippen molar-refractivity contribution in [2.45, 2.75) is 38.1 Å². The van der Waals surface area contributed by atoms with Gasteiger partial charge >= 0.3 is 0 Å². The molecule has 0 saturated carbocycles. The van der Waals surface area contributed by atoms with Gasteiger partial charge in [-0.3, -0.25) is 0 Å². The van der Waals surface area contributed by atoms with Crippen molar-refractivity contribution < 1.29 is 23.3 Å². The summed E-state index contributed by atoms with van der Waals surface area (Å²) in [6.07, 6.45) is 0.401. The Labute approximate surface area is 223 Å². The average Bonchev–Trinajstić information content (AvgIpc) is 2.97. The Morgan fingerprint density at radius 2 is 1.13 bits per heavy atom. The summed E-state index contributed by atoms with van der Waals surface area (Å²) < 4.78 is 39.1. The molecule has 5 rings (SSSR count). The second-order valence-electron chi connectivity index (χ2n) is 9.23. The SMILES string of the molecule is Fc1ccc(C2=CO[C@H](COCc3ccccc3)[C@H](OCc3ccccc3)[C@@H]2OCc2ccccc2)cc1. The lowest BCUT2D eigenvalue weighted by molar-refractivity contribution is -0.143. The molecule has 194 valence electrons. The van der Waals surface area contributed by atoms with Crippen LogP contribution in [0.2, 0.25) is 0 Å². The predicted octanol–water partition coefficient (Wildman–Crippen LogP) is 6.95. The Hall–Kier alpha value is -3.77. The zero-order valence-electron chi connectivity index (χ0n) is 21.1. The van der Waals surface area contributed by atoms with E-state index in [1.54, 1.807) is 18.4 Å². The van der Waals surface area contributed by atoms with Crippen LogP contribution in [0, 0.1) is 5.82 Å². The normalized spacial score (nSPS) is 19.0. The van der Waals surface area contributed by atoms with E-state index in [1.165, 1.54) is 12.1 Å². The van der Waals surface area contributed by atoms with Gasteiger partial charge in [-0.15, -0.1) is 0 Å². The smallest absolute Gasteiger partial charge is 0.150 e. The topological polar surface area (TPSA) is 36.9 Å². The average molecular weight is 511 g/mol. The first-order chi connectivity index (χ1) is 18.8. The number of hydrogen-bond donors (Lipinski definition) is 0. The van der Waals surface area contributed by atoms with Gasteiger partial charge in [0.25, 0.3) is 0 Å². The molecule has 4 nitrogen and oxygen atoms in total. The maximum absolute atomic E-state index is 13.7. The molecule has 1 aliphatic heterocycles. The molecule has 0 aromatic heterocycles. The zero-order chi connectivity index (χ0) is 26.0. The summed E-state index contributed by atoms with van der Waals surface area (Å²) in [6.45, 7) is 1.59. The van der Waals surface area contributed by atoms with E-state index in [9.17, 15) is 4.39 Å². The molecule has 0 radical (unpaired) electrons. The fourth-order valence-electron chi connectivity index (χ4n) is 4.46. The molecule has 0 N–H and O–H groups in total. The van der Waals surface area contributed by atoms with Crippen molar-refractivity contribution in [2.75, 3.05) is 6.61 Å². The molecule has 0 spiro atoms. The highest BCUT2D eigenvalue weighted by Crippen LogP contribution is 2.33. The van der Waals surface area contributed by atoms with Gasteiger partial charge < -0.3 is 18.9 Å². The second kappa shape index (κ2) is 13.2. The maximum Gasteiger partial charge on any atom is 0.150 e. The summed E-state index contributed by atoms with van der Waals surface area (Å²) in [5, 5.41) is 0. The summed E-state index contributed by atoms with van der Waals surface area (Å²) in [5.74, 6) is -0.295. The zero-order valence-corrected chi connectivity index (χ0v) is 21.1. The largest absolute Gasteiger partial charge is 0.492 e. The van der Waals surface area contributed by atoms with Gasteiger partial charge in [0.15, 0.2) is 0 Å². The summed E-state index contributed by atoms with van der Waals surface area (Å²) in [6, 6.07) is 36.4. The Kier molecular flexibility index (Phi) is 8.95. The van der Waals surface area contributed by atoms with E-state index in [2.05, 4.69) is 0 Å². The Morgan fingerprint density at radius 3 is 1.71 bits per heavy atom. The molecule has 0 fully saturated rings. The highest BCUT2D eigenvalue weighted by Gasteiger charge is 2.39. The molecule has 1 heterocycles. The lowest BCUT2D eigenvalue weighted by atomic mass is 9.93. The van der Waals surface area contributed by atoms with E-state index >= 15 is 0 Å². The van der Waals surface area contributed by atoms with Crippen LogP contribution in [0.4, 0.5) is 4.39 Å². The molecule has 1 aliphatic rings. The quantitative estimate of drug-likeness (QED) is 0.219. The fraction of sp³-hybridized carbons (Fsp3) is 0.212. The van der Waals surface area contributed by atoms with Crippen LogP contribution in [0.15, 0.2) is 122 Å². The van der Waals surface area contributed by atoms with Crippen LogP contribution >= 0.6 is 0 Å². The third-order valence-electron chi connectivity index (χ3n) is 6.47. The first-order valence-electron chi connectivity index (χ1n) is 12.8. The second-order valence-corrected chi connectivity index (χ2v) is 9.23. The maximum atomic E-state index is 13.7. The highest BCUT2D eigenvalue weighted by atomic mass is 19.1. The van der Waals surface area contributed by atoms with Crippen LogP contribution in [0.5, 0.6) is 0 Å². The molecule has 3 atom stereocenters.